The molecule has 0 saturated carbocycles. The van der Waals surface area contributed by atoms with Gasteiger partial charge in [-0.05, 0) is 30.2 Å². The van der Waals surface area contributed by atoms with Crippen molar-refractivity contribution in [1.82, 2.24) is 5.32 Å². The molecular weight excluding hydrogens is 360 g/mol. The highest BCUT2D eigenvalue weighted by Crippen LogP contribution is 2.22. The van der Waals surface area contributed by atoms with Gasteiger partial charge in [0.2, 0.25) is 15.9 Å². The van der Waals surface area contributed by atoms with Gasteiger partial charge in [-0.2, -0.15) is 0 Å². The molecule has 25 heavy (non-hydrogen) atoms. The van der Waals surface area contributed by atoms with Crippen LogP contribution in [0.15, 0.2) is 48.5 Å². The SMILES string of the molecule is Cc1ccccc1N(CCC(=O)NCc1ccccc1Cl)S(C)(=O)=O. The number of benzene rings is 2. The maximum absolute atomic E-state index is 12.1. The van der Waals surface area contributed by atoms with Gasteiger partial charge in [0.05, 0.1) is 11.9 Å². The van der Waals surface area contributed by atoms with Crippen LogP contribution in [0.4, 0.5) is 5.69 Å². The number of nitrogens with zero attached hydrogens (tertiary/aromatic N) is 1. The third kappa shape index (κ3) is 5.47. The second kappa shape index (κ2) is 8.36. The third-order valence-corrected chi connectivity index (χ3v) is 5.31. The lowest BCUT2D eigenvalue weighted by Crippen LogP contribution is -2.35. The lowest BCUT2D eigenvalue weighted by atomic mass is 10.2. The van der Waals surface area contributed by atoms with E-state index < -0.39 is 10.0 Å². The average molecular weight is 381 g/mol. The Balaban J connectivity index is 2.00. The van der Waals surface area contributed by atoms with E-state index in [1.807, 2.05) is 37.3 Å². The number of anilines is 1. The first-order chi connectivity index (χ1) is 11.8. The summed E-state index contributed by atoms with van der Waals surface area (Å²) in [5, 5.41) is 3.35. The highest BCUT2D eigenvalue weighted by molar-refractivity contribution is 7.92. The lowest BCUT2D eigenvalue weighted by molar-refractivity contribution is -0.121. The molecule has 0 aliphatic rings. The van der Waals surface area contributed by atoms with Gasteiger partial charge in [-0.1, -0.05) is 48.0 Å². The molecule has 0 heterocycles. The van der Waals surface area contributed by atoms with E-state index in [-0.39, 0.29) is 18.9 Å². The Morgan fingerprint density at radius 3 is 2.40 bits per heavy atom. The topological polar surface area (TPSA) is 66.5 Å². The fraction of sp³-hybridized carbons (Fsp3) is 0.278. The molecule has 2 aromatic rings. The van der Waals surface area contributed by atoms with Crippen LogP contribution >= 0.6 is 11.6 Å². The van der Waals surface area contributed by atoms with Crippen LogP contribution in [0.25, 0.3) is 0 Å². The zero-order valence-electron chi connectivity index (χ0n) is 14.2. The summed E-state index contributed by atoms with van der Waals surface area (Å²) in [5.74, 6) is -0.234. The molecule has 2 rings (SSSR count). The van der Waals surface area contributed by atoms with Gasteiger partial charge in [-0.3, -0.25) is 9.10 Å². The van der Waals surface area contributed by atoms with Crippen LogP contribution in [-0.4, -0.2) is 27.1 Å². The third-order valence-electron chi connectivity index (χ3n) is 3.76. The largest absolute Gasteiger partial charge is 0.352 e. The number of hydrogen-bond acceptors (Lipinski definition) is 3. The molecule has 0 saturated heterocycles. The van der Waals surface area contributed by atoms with E-state index in [9.17, 15) is 13.2 Å². The zero-order chi connectivity index (χ0) is 18.4. The van der Waals surface area contributed by atoms with Crippen molar-refractivity contribution in [2.75, 3.05) is 17.1 Å². The fourth-order valence-corrected chi connectivity index (χ4v) is 3.62. The van der Waals surface area contributed by atoms with Crippen molar-refractivity contribution in [3.05, 3.63) is 64.7 Å². The van der Waals surface area contributed by atoms with Crippen LogP contribution in [-0.2, 0) is 21.4 Å². The Hall–Kier alpha value is -2.05. The first kappa shape index (κ1) is 19.3. The molecule has 0 fully saturated rings. The van der Waals surface area contributed by atoms with E-state index in [1.165, 1.54) is 4.31 Å². The number of rotatable bonds is 7. The van der Waals surface area contributed by atoms with Gasteiger partial charge in [0.1, 0.15) is 0 Å². The molecular formula is C18H21ClN2O3S. The van der Waals surface area contributed by atoms with E-state index in [0.717, 1.165) is 17.4 Å². The van der Waals surface area contributed by atoms with E-state index in [2.05, 4.69) is 5.32 Å². The van der Waals surface area contributed by atoms with Crippen molar-refractivity contribution in [2.45, 2.75) is 19.9 Å². The van der Waals surface area contributed by atoms with Crippen molar-refractivity contribution < 1.29 is 13.2 Å². The molecule has 0 radical (unpaired) electrons. The summed E-state index contributed by atoms with van der Waals surface area (Å²) in [7, 11) is -3.48. The molecule has 7 heteroatoms. The molecule has 0 aliphatic heterocycles. The lowest BCUT2D eigenvalue weighted by Gasteiger charge is -2.23. The summed E-state index contributed by atoms with van der Waals surface area (Å²) in [6.07, 6.45) is 1.20. The van der Waals surface area contributed by atoms with Gasteiger partial charge >= 0.3 is 0 Å². The molecule has 2 aromatic carbocycles. The monoisotopic (exact) mass is 380 g/mol. The highest BCUT2D eigenvalue weighted by Gasteiger charge is 2.19. The Labute approximate surface area is 153 Å². The molecule has 1 amide bonds. The molecule has 0 atom stereocenters. The number of halogens is 1. The minimum Gasteiger partial charge on any atom is -0.352 e. The zero-order valence-corrected chi connectivity index (χ0v) is 15.8. The van der Waals surface area contributed by atoms with E-state index in [1.54, 1.807) is 18.2 Å². The summed E-state index contributed by atoms with van der Waals surface area (Å²) in [6, 6.07) is 14.4. The predicted molar refractivity (Wildman–Crippen MR) is 101 cm³/mol. The van der Waals surface area contributed by atoms with Crippen LogP contribution in [0.1, 0.15) is 17.5 Å². The van der Waals surface area contributed by atoms with Gasteiger partial charge in [0.15, 0.2) is 0 Å². The molecule has 0 aliphatic carbocycles. The number of amides is 1. The minimum atomic E-state index is -3.48. The van der Waals surface area contributed by atoms with Crippen LogP contribution < -0.4 is 9.62 Å². The summed E-state index contributed by atoms with van der Waals surface area (Å²) in [4.78, 5) is 12.1. The predicted octanol–water partition coefficient (Wildman–Crippen LogP) is 3.12. The molecule has 0 spiro atoms. The molecule has 5 nitrogen and oxygen atoms in total. The van der Waals surface area contributed by atoms with E-state index >= 15 is 0 Å². The summed E-state index contributed by atoms with van der Waals surface area (Å²) >= 11 is 6.05. The number of aryl methyl sites for hydroxylation is 1. The highest BCUT2D eigenvalue weighted by atomic mass is 35.5. The Bertz CT molecular complexity index is 853. The standard InChI is InChI=1S/C18H21ClN2O3S/c1-14-7-3-6-10-17(14)21(25(2,23)24)12-11-18(22)20-13-15-8-4-5-9-16(15)19/h3-10H,11-13H2,1-2H3,(H,20,22). The molecule has 0 aromatic heterocycles. The maximum atomic E-state index is 12.1. The van der Waals surface area contributed by atoms with Crippen molar-refractivity contribution in [2.24, 2.45) is 0 Å². The first-order valence-corrected chi connectivity index (χ1v) is 10.0. The summed E-state index contributed by atoms with van der Waals surface area (Å²) in [6.45, 7) is 2.23. The summed E-state index contributed by atoms with van der Waals surface area (Å²) < 4.78 is 25.5. The van der Waals surface area contributed by atoms with Crippen molar-refractivity contribution in [3.8, 4) is 0 Å². The van der Waals surface area contributed by atoms with Gasteiger partial charge in [-0.15, -0.1) is 0 Å². The quantitative estimate of drug-likeness (QED) is 0.802. The van der Waals surface area contributed by atoms with Gasteiger partial charge in [0.25, 0.3) is 0 Å². The van der Waals surface area contributed by atoms with Crippen LogP contribution in [0.2, 0.25) is 5.02 Å². The fourth-order valence-electron chi connectivity index (χ4n) is 2.44. The van der Waals surface area contributed by atoms with Gasteiger partial charge in [0, 0.05) is 24.5 Å². The van der Waals surface area contributed by atoms with Crippen LogP contribution in [0.3, 0.4) is 0 Å². The Morgan fingerprint density at radius 2 is 1.76 bits per heavy atom. The van der Waals surface area contributed by atoms with Gasteiger partial charge < -0.3 is 5.32 Å². The molecule has 134 valence electrons. The van der Waals surface area contributed by atoms with Crippen molar-refractivity contribution >= 4 is 33.2 Å². The number of carbonyl (C=O) groups is 1. The second-order valence-corrected chi connectivity index (χ2v) is 8.05. The van der Waals surface area contributed by atoms with Crippen LogP contribution in [0, 0.1) is 6.92 Å². The van der Waals surface area contributed by atoms with E-state index in [0.29, 0.717) is 17.3 Å². The van der Waals surface area contributed by atoms with Crippen LogP contribution in [0.5, 0.6) is 0 Å². The molecule has 0 bridgehead atoms. The number of para-hydroxylation sites is 1. The first-order valence-electron chi connectivity index (χ1n) is 7.82. The smallest absolute Gasteiger partial charge is 0.232 e. The summed E-state index contributed by atoms with van der Waals surface area (Å²) in [5.41, 5.74) is 2.24. The van der Waals surface area contributed by atoms with E-state index in [4.69, 9.17) is 11.6 Å². The Morgan fingerprint density at radius 1 is 1.12 bits per heavy atom. The molecule has 0 unspecified atom stereocenters. The van der Waals surface area contributed by atoms with Crippen molar-refractivity contribution in [3.63, 3.8) is 0 Å². The minimum absolute atomic E-state index is 0.0614. The molecule has 1 N–H and O–H groups in total. The van der Waals surface area contributed by atoms with Crippen molar-refractivity contribution in [1.29, 1.82) is 0 Å². The number of sulfonamides is 1. The normalized spacial score (nSPS) is 11.2. The maximum Gasteiger partial charge on any atom is 0.232 e. The second-order valence-electron chi connectivity index (χ2n) is 5.74. The Kier molecular flexibility index (Phi) is 6.45. The van der Waals surface area contributed by atoms with Gasteiger partial charge in [-0.25, -0.2) is 8.42 Å². The average Bonchev–Trinajstić information content (AvgIpc) is 2.54. The number of nitrogens with one attached hydrogen (secondary N) is 1. The number of hydrogen-bond donors (Lipinski definition) is 1. The number of carbonyl (C=O) groups excluding carboxylic acids is 1.